The molecule has 1 aromatic heterocycles. The number of imidazole rings is 1. The Bertz CT molecular complexity index is 611. The molecular formula is C17H22N4O. The lowest BCUT2D eigenvalue weighted by atomic mass is 10.0. The number of nitrogens with zero attached hydrogens (tertiary/aromatic N) is 4. The van der Waals surface area contributed by atoms with E-state index in [2.05, 4.69) is 29.1 Å². The normalized spacial score (nSPS) is 20.8. The average Bonchev–Trinajstić information content (AvgIpc) is 3.09. The fraction of sp³-hybridized carbons (Fsp3) is 0.412. The molecule has 0 spiro atoms. The highest BCUT2D eigenvalue weighted by Gasteiger charge is 2.32. The van der Waals surface area contributed by atoms with E-state index in [9.17, 15) is 4.79 Å². The van der Waals surface area contributed by atoms with Crippen molar-refractivity contribution >= 4 is 5.91 Å². The van der Waals surface area contributed by atoms with Gasteiger partial charge in [0.05, 0.1) is 12.4 Å². The summed E-state index contributed by atoms with van der Waals surface area (Å²) in [6.07, 6.45) is 5.26. The molecule has 2 atom stereocenters. The lowest BCUT2D eigenvalue weighted by Crippen LogP contribution is -2.50. The van der Waals surface area contributed by atoms with Crippen molar-refractivity contribution < 1.29 is 4.79 Å². The summed E-state index contributed by atoms with van der Waals surface area (Å²) in [4.78, 5) is 21.3. The summed E-state index contributed by atoms with van der Waals surface area (Å²) < 4.78 is 1.86. The molecule has 0 radical (unpaired) electrons. The second-order valence-electron chi connectivity index (χ2n) is 5.91. The fourth-order valence-corrected chi connectivity index (χ4v) is 3.01. The number of amides is 1. The predicted molar refractivity (Wildman–Crippen MR) is 85.3 cm³/mol. The average molecular weight is 298 g/mol. The number of carbonyl (C=O) groups excluding carboxylic acids is 1. The van der Waals surface area contributed by atoms with Crippen molar-refractivity contribution in [2.24, 2.45) is 0 Å². The van der Waals surface area contributed by atoms with Crippen molar-refractivity contribution in [1.29, 1.82) is 0 Å². The van der Waals surface area contributed by atoms with Crippen LogP contribution in [0, 0.1) is 0 Å². The van der Waals surface area contributed by atoms with Gasteiger partial charge < -0.3 is 14.4 Å². The predicted octanol–water partition coefficient (Wildman–Crippen LogP) is 1.96. The maximum Gasteiger partial charge on any atom is 0.245 e. The highest BCUT2D eigenvalue weighted by atomic mass is 16.2. The molecule has 2 aromatic rings. The van der Waals surface area contributed by atoms with Crippen LogP contribution in [0.2, 0.25) is 0 Å². The van der Waals surface area contributed by atoms with Crippen molar-refractivity contribution in [2.75, 3.05) is 26.7 Å². The van der Waals surface area contributed by atoms with Gasteiger partial charge in [-0.25, -0.2) is 4.98 Å². The highest BCUT2D eigenvalue weighted by molar-refractivity contribution is 5.80. The Morgan fingerprint density at radius 3 is 2.73 bits per heavy atom. The summed E-state index contributed by atoms with van der Waals surface area (Å²) in [5, 5.41) is 0. The molecule has 5 heteroatoms. The van der Waals surface area contributed by atoms with Crippen molar-refractivity contribution in [3.05, 3.63) is 54.6 Å². The zero-order valence-electron chi connectivity index (χ0n) is 13.1. The quantitative estimate of drug-likeness (QED) is 0.870. The zero-order valence-corrected chi connectivity index (χ0v) is 13.1. The summed E-state index contributed by atoms with van der Waals surface area (Å²) in [5.74, 6) is 0.153. The first kappa shape index (κ1) is 14.8. The summed E-state index contributed by atoms with van der Waals surface area (Å²) in [5.41, 5.74) is 1.19. The maximum absolute atomic E-state index is 12.9. The van der Waals surface area contributed by atoms with Gasteiger partial charge in [-0.05, 0) is 19.5 Å². The number of benzene rings is 1. The van der Waals surface area contributed by atoms with Gasteiger partial charge >= 0.3 is 0 Å². The third-order valence-corrected chi connectivity index (χ3v) is 4.38. The third kappa shape index (κ3) is 2.90. The van der Waals surface area contributed by atoms with Crippen LogP contribution >= 0.6 is 0 Å². The van der Waals surface area contributed by atoms with E-state index in [4.69, 9.17) is 0 Å². The van der Waals surface area contributed by atoms with Gasteiger partial charge in [0.25, 0.3) is 0 Å². The molecule has 0 N–H and O–H groups in total. The van der Waals surface area contributed by atoms with E-state index in [0.717, 1.165) is 19.6 Å². The smallest absolute Gasteiger partial charge is 0.245 e. The molecule has 2 unspecified atom stereocenters. The number of aromatic nitrogens is 2. The van der Waals surface area contributed by atoms with Gasteiger partial charge in [0, 0.05) is 32.0 Å². The van der Waals surface area contributed by atoms with Gasteiger partial charge in [0.15, 0.2) is 0 Å². The van der Waals surface area contributed by atoms with E-state index >= 15 is 0 Å². The Morgan fingerprint density at radius 1 is 1.27 bits per heavy atom. The van der Waals surface area contributed by atoms with E-state index in [1.165, 1.54) is 5.56 Å². The molecule has 1 fully saturated rings. The molecule has 1 aliphatic heterocycles. The van der Waals surface area contributed by atoms with Crippen molar-refractivity contribution in [3.63, 3.8) is 0 Å². The Hall–Kier alpha value is -2.14. The Morgan fingerprint density at radius 2 is 2.05 bits per heavy atom. The maximum atomic E-state index is 12.9. The Balaban J connectivity index is 1.85. The largest absolute Gasteiger partial charge is 0.331 e. The van der Waals surface area contributed by atoms with E-state index in [-0.39, 0.29) is 18.0 Å². The summed E-state index contributed by atoms with van der Waals surface area (Å²) in [6.45, 7) is 4.47. The second-order valence-corrected chi connectivity index (χ2v) is 5.91. The van der Waals surface area contributed by atoms with E-state index in [0.29, 0.717) is 0 Å². The zero-order chi connectivity index (χ0) is 15.5. The van der Waals surface area contributed by atoms with Crippen LogP contribution in [-0.2, 0) is 4.79 Å². The number of rotatable bonds is 3. The van der Waals surface area contributed by atoms with Gasteiger partial charge in [0.2, 0.25) is 5.91 Å². The second kappa shape index (κ2) is 6.32. The Kier molecular flexibility index (Phi) is 4.24. The standard InChI is InChI=1S/C17H22N4O/c1-14(20-9-8-18-13-20)17(22)21-11-10-19(2)12-16(21)15-6-4-3-5-7-15/h3-9,13-14,16H,10-12H2,1-2H3. The van der Waals surface area contributed by atoms with E-state index < -0.39 is 0 Å². The van der Waals surface area contributed by atoms with Crippen LogP contribution in [0.15, 0.2) is 49.1 Å². The van der Waals surface area contributed by atoms with E-state index in [1.54, 1.807) is 12.5 Å². The summed E-state index contributed by atoms with van der Waals surface area (Å²) >= 11 is 0. The number of carbonyl (C=O) groups is 1. The summed E-state index contributed by atoms with van der Waals surface area (Å²) in [6, 6.07) is 10.2. The molecular weight excluding hydrogens is 276 g/mol. The molecule has 0 saturated carbocycles. The van der Waals surface area contributed by atoms with Crippen LogP contribution in [0.5, 0.6) is 0 Å². The Labute approximate surface area is 131 Å². The molecule has 1 saturated heterocycles. The fourth-order valence-electron chi connectivity index (χ4n) is 3.01. The van der Waals surface area contributed by atoms with Crippen LogP contribution in [0.3, 0.4) is 0 Å². The third-order valence-electron chi connectivity index (χ3n) is 4.38. The lowest BCUT2D eigenvalue weighted by molar-refractivity contribution is -0.139. The molecule has 1 aliphatic rings. The molecule has 1 aromatic carbocycles. The number of piperazine rings is 1. The monoisotopic (exact) mass is 298 g/mol. The molecule has 2 heterocycles. The topological polar surface area (TPSA) is 41.4 Å². The minimum Gasteiger partial charge on any atom is -0.331 e. The molecule has 3 rings (SSSR count). The lowest BCUT2D eigenvalue weighted by Gasteiger charge is -2.41. The summed E-state index contributed by atoms with van der Waals surface area (Å²) in [7, 11) is 2.11. The molecule has 22 heavy (non-hydrogen) atoms. The van der Waals surface area contributed by atoms with E-state index in [1.807, 2.05) is 40.8 Å². The van der Waals surface area contributed by atoms with Crippen molar-refractivity contribution in [1.82, 2.24) is 19.4 Å². The number of hydrogen-bond acceptors (Lipinski definition) is 3. The van der Waals surface area contributed by atoms with Crippen LogP contribution in [0.25, 0.3) is 0 Å². The number of hydrogen-bond donors (Lipinski definition) is 0. The van der Waals surface area contributed by atoms with Gasteiger partial charge in [-0.2, -0.15) is 0 Å². The van der Waals surface area contributed by atoms with Crippen LogP contribution in [0.1, 0.15) is 24.6 Å². The first-order chi connectivity index (χ1) is 10.7. The van der Waals surface area contributed by atoms with Crippen LogP contribution in [-0.4, -0.2) is 51.9 Å². The number of likely N-dealkylation sites (N-methyl/N-ethyl adjacent to an activating group) is 1. The van der Waals surface area contributed by atoms with Gasteiger partial charge in [-0.1, -0.05) is 30.3 Å². The first-order valence-corrected chi connectivity index (χ1v) is 7.68. The minimum atomic E-state index is -0.225. The molecule has 5 nitrogen and oxygen atoms in total. The first-order valence-electron chi connectivity index (χ1n) is 7.68. The minimum absolute atomic E-state index is 0.110. The molecule has 116 valence electrons. The van der Waals surface area contributed by atoms with Gasteiger partial charge in [-0.15, -0.1) is 0 Å². The van der Waals surface area contributed by atoms with Crippen molar-refractivity contribution in [2.45, 2.75) is 19.0 Å². The molecule has 0 aliphatic carbocycles. The van der Waals surface area contributed by atoms with Gasteiger partial charge in [0.1, 0.15) is 6.04 Å². The van der Waals surface area contributed by atoms with Crippen LogP contribution in [0.4, 0.5) is 0 Å². The van der Waals surface area contributed by atoms with Crippen molar-refractivity contribution in [3.8, 4) is 0 Å². The van der Waals surface area contributed by atoms with Crippen LogP contribution < -0.4 is 0 Å². The molecule has 1 amide bonds. The molecule has 0 bridgehead atoms. The highest BCUT2D eigenvalue weighted by Crippen LogP contribution is 2.27. The van der Waals surface area contributed by atoms with Gasteiger partial charge in [-0.3, -0.25) is 4.79 Å². The SMILES string of the molecule is CC(C(=O)N1CCN(C)CC1c1ccccc1)n1ccnc1.